The van der Waals surface area contributed by atoms with Crippen LogP contribution in [0, 0.1) is 0 Å². The van der Waals surface area contributed by atoms with Crippen LogP contribution in [0.1, 0.15) is 17.4 Å². The first-order chi connectivity index (χ1) is 13.5. The van der Waals surface area contributed by atoms with Gasteiger partial charge in [0.05, 0.1) is 7.11 Å². The van der Waals surface area contributed by atoms with Crippen molar-refractivity contribution in [3.8, 4) is 5.75 Å². The average molecular weight is 377 g/mol. The van der Waals surface area contributed by atoms with Crippen molar-refractivity contribution in [1.29, 1.82) is 0 Å². The lowest BCUT2D eigenvalue weighted by Gasteiger charge is -2.08. The Hall–Kier alpha value is -3.94. The van der Waals surface area contributed by atoms with E-state index in [1.54, 1.807) is 67.8 Å². The van der Waals surface area contributed by atoms with Crippen LogP contribution in [-0.2, 0) is 4.79 Å². The molecule has 0 aliphatic carbocycles. The highest BCUT2D eigenvalue weighted by Crippen LogP contribution is 2.18. The quantitative estimate of drug-likeness (QED) is 0.608. The van der Waals surface area contributed by atoms with E-state index in [0.717, 1.165) is 5.69 Å². The average Bonchev–Trinajstić information content (AvgIpc) is 2.70. The Morgan fingerprint density at radius 3 is 1.96 bits per heavy atom. The molecule has 0 unspecified atom stereocenters. The van der Waals surface area contributed by atoms with Crippen molar-refractivity contribution in [2.45, 2.75) is 6.92 Å². The summed E-state index contributed by atoms with van der Waals surface area (Å²) in [5.41, 5.74) is 2.31. The number of carbonyl (C=O) groups excluding carboxylic acids is 2. The molecule has 1 aromatic heterocycles. The van der Waals surface area contributed by atoms with Gasteiger partial charge in [0, 0.05) is 24.0 Å². The standard InChI is InChI=1S/C20H19N5O3/c1-13(26)21-14-3-5-15(6-4-14)22-19-12-11-18(24-25-19)20(27)23-16-7-9-17(28-2)10-8-16/h3-12H,1-2H3,(H,21,26)(H,22,25)(H,23,27). The lowest BCUT2D eigenvalue weighted by molar-refractivity contribution is -0.114. The minimum Gasteiger partial charge on any atom is -0.497 e. The summed E-state index contributed by atoms with van der Waals surface area (Å²) >= 11 is 0. The molecule has 0 fully saturated rings. The lowest BCUT2D eigenvalue weighted by Crippen LogP contribution is -2.14. The van der Waals surface area contributed by atoms with Crippen LogP contribution in [-0.4, -0.2) is 29.1 Å². The highest BCUT2D eigenvalue weighted by atomic mass is 16.5. The molecule has 3 rings (SSSR count). The van der Waals surface area contributed by atoms with E-state index in [0.29, 0.717) is 22.9 Å². The van der Waals surface area contributed by atoms with E-state index in [9.17, 15) is 9.59 Å². The van der Waals surface area contributed by atoms with Crippen LogP contribution in [0.3, 0.4) is 0 Å². The van der Waals surface area contributed by atoms with Gasteiger partial charge in [-0.3, -0.25) is 9.59 Å². The monoisotopic (exact) mass is 377 g/mol. The minimum atomic E-state index is -0.358. The largest absolute Gasteiger partial charge is 0.497 e. The molecule has 28 heavy (non-hydrogen) atoms. The maximum absolute atomic E-state index is 12.3. The van der Waals surface area contributed by atoms with Crippen LogP contribution in [0.2, 0.25) is 0 Å². The van der Waals surface area contributed by atoms with Gasteiger partial charge in [-0.1, -0.05) is 0 Å². The topological polar surface area (TPSA) is 105 Å². The Morgan fingerprint density at radius 1 is 0.786 bits per heavy atom. The molecule has 0 aliphatic rings. The second kappa shape index (κ2) is 8.63. The molecule has 0 aliphatic heterocycles. The number of hydrogen-bond donors (Lipinski definition) is 3. The summed E-state index contributed by atoms with van der Waals surface area (Å²) < 4.78 is 5.08. The first-order valence-electron chi connectivity index (χ1n) is 8.47. The molecule has 3 aromatic rings. The fraction of sp³-hybridized carbons (Fsp3) is 0.100. The van der Waals surface area contributed by atoms with Gasteiger partial charge in [0.1, 0.15) is 5.75 Å². The van der Waals surface area contributed by atoms with E-state index in [-0.39, 0.29) is 17.5 Å². The van der Waals surface area contributed by atoms with Crippen LogP contribution in [0.25, 0.3) is 0 Å². The Balaban J connectivity index is 1.60. The van der Waals surface area contributed by atoms with Crippen LogP contribution < -0.4 is 20.7 Å². The number of nitrogens with one attached hydrogen (secondary N) is 3. The highest BCUT2D eigenvalue weighted by molar-refractivity contribution is 6.02. The van der Waals surface area contributed by atoms with Crippen molar-refractivity contribution in [2.75, 3.05) is 23.1 Å². The van der Waals surface area contributed by atoms with Gasteiger partial charge in [0.25, 0.3) is 5.91 Å². The maximum atomic E-state index is 12.3. The Labute approximate surface area is 161 Å². The summed E-state index contributed by atoms with van der Waals surface area (Å²) in [4.78, 5) is 23.3. The van der Waals surface area contributed by atoms with Gasteiger partial charge in [-0.2, -0.15) is 0 Å². The van der Waals surface area contributed by atoms with E-state index in [1.165, 1.54) is 6.92 Å². The molecular weight excluding hydrogens is 358 g/mol. The van der Waals surface area contributed by atoms with Gasteiger partial charge < -0.3 is 20.7 Å². The first-order valence-corrected chi connectivity index (χ1v) is 8.47. The molecule has 0 spiro atoms. The molecule has 3 N–H and O–H groups in total. The fourth-order valence-electron chi connectivity index (χ4n) is 2.38. The van der Waals surface area contributed by atoms with Crippen LogP contribution in [0.15, 0.2) is 60.7 Å². The Bertz CT molecular complexity index is 955. The van der Waals surface area contributed by atoms with Crippen molar-refractivity contribution in [3.05, 3.63) is 66.4 Å². The summed E-state index contributed by atoms with van der Waals surface area (Å²) in [7, 11) is 1.58. The van der Waals surface area contributed by atoms with E-state index >= 15 is 0 Å². The summed E-state index contributed by atoms with van der Waals surface area (Å²) in [6.07, 6.45) is 0. The van der Waals surface area contributed by atoms with Crippen LogP contribution in [0.4, 0.5) is 22.9 Å². The Morgan fingerprint density at radius 2 is 1.39 bits per heavy atom. The van der Waals surface area contributed by atoms with Crippen molar-refractivity contribution >= 4 is 34.7 Å². The second-order valence-electron chi connectivity index (χ2n) is 5.87. The smallest absolute Gasteiger partial charge is 0.276 e. The van der Waals surface area contributed by atoms with Gasteiger partial charge in [0.2, 0.25) is 5.91 Å². The number of rotatable bonds is 6. The number of benzene rings is 2. The van der Waals surface area contributed by atoms with Gasteiger partial charge >= 0.3 is 0 Å². The number of amides is 2. The summed E-state index contributed by atoms with van der Waals surface area (Å²) in [6, 6.07) is 17.4. The molecule has 2 aromatic carbocycles. The number of ether oxygens (including phenoxy) is 1. The zero-order valence-corrected chi connectivity index (χ0v) is 15.4. The molecule has 142 valence electrons. The molecule has 1 heterocycles. The third-order valence-electron chi connectivity index (χ3n) is 3.72. The zero-order chi connectivity index (χ0) is 19.9. The summed E-state index contributed by atoms with van der Waals surface area (Å²) in [5, 5.41) is 16.5. The number of methoxy groups -OCH3 is 1. The van der Waals surface area contributed by atoms with Crippen LogP contribution >= 0.6 is 0 Å². The lowest BCUT2D eigenvalue weighted by atomic mass is 10.2. The van der Waals surface area contributed by atoms with Crippen molar-refractivity contribution in [3.63, 3.8) is 0 Å². The zero-order valence-electron chi connectivity index (χ0n) is 15.4. The number of anilines is 4. The normalized spacial score (nSPS) is 10.1. The van der Waals surface area contributed by atoms with Crippen LogP contribution in [0.5, 0.6) is 5.75 Å². The third kappa shape index (κ3) is 5.04. The van der Waals surface area contributed by atoms with Crippen molar-refractivity contribution < 1.29 is 14.3 Å². The molecule has 0 saturated heterocycles. The number of carbonyl (C=O) groups is 2. The molecule has 8 heteroatoms. The van der Waals surface area contributed by atoms with E-state index < -0.39 is 0 Å². The summed E-state index contributed by atoms with van der Waals surface area (Å²) in [6.45, 7) is 1.45. The van der Waals surface area contributed by atoms with E-state index in [2.05, 4.69) is 26.1 Å². The van der Waals surface area contributed by atoms with Crippen molar-refractivity contribution in [2.24, 2.45) is 0 Å². The number of aromatic nitrogens is 2. The predicted octanol–water partition coefficient (Wildman–Crippen LogP) is 3.44. The highest BCUT2D eigenvalue weighted by Gasteiger charge is 2.09. The van der Waals surface area contributed by atoms with E-state index in [4.69, 9.17) is 4.74 Å². The summed E-state index contributed by atoms with van der Waals surface area (Å²) in [5.74, 6) is 0.713. The number of hydrogen-bond acceptors (Lipinski definition) is 6. The van der Waals surface area contributed by atoms with Crippen molar-refractivity contribution in [1.82, 2.24) is 10.2 Å². The number of nitrogens with zero attached hydrogens (tertiary/aromatic N) is 2. The molecule has 8 nitrogen and oxygen atoms in total. The maximum Gasteiger partial charge on any atom is 0.276 e. The molecule has 0 radical (unpaired) electrons. The SMILES string of the molecule is COc1ccc(NC(=O)c2ccc(Nc3ccc(NC(C)=O)cc3)nn2)cc1. The fourth-order valence-corrected chi connectivity index (χ4v) is 2.38. The van der Waals surface area contributed by atoms with E-state index in [1.807, 2.05) is 0 Å². The third-order valence-corrected chi connectivity index (χ3v) is 3.72. The first kappa shape index (κ1) is 18.8. The minimum absolute atomic E-state index is 0.130. The molecule has 0 saturated carbocycles. The molecule has 0 bridgehead atoms. The predicted molar refractivity (Wildman–Crippen MR) is 107 cm³/mol. The Kier molecular flexibility index (Phi) is 5.81. The van der Waals surface area contributed by atoms with Gasteiger partial charge in [-0.05, 0) is 60.7 Å². The molecule has 0 atom stereocenters. The van der Waals surface area contributed by atoms with Gasteiger partial charge in [-0.25, -0.2) is 0 Å². The molecule has 2 amide bonds. The second-order valence-corrected chi connectivity index (χ2v) is 5.87. The molecular formula is C20H19N5O3. The van der Waals surface area contributed by atoms with Gasteiger partial charge in [-0.15, -0.1) is 10.2 Å². The van der Waals surface area contributed by atoms with Gasteiger partial charge in [0.15, 0.2) is 11.5 Å².